The molecule has 1 fully saturated rings. The largest absolute Gasteiger partial charge is 0.393 e. The van der Waals surface area contributed by atoms with Gasteiger partial charge in [-0.1, -0.05) is 19.1 Å². The maximum atomic E-state index is 11.8. The molecule has 1 heterocycles. The molecule has 0 aromatic heterocycles. The fourth-order valence-corrected chi connectivity index (χ4v) is 1.95. The van der Waals surface area contributed by atoms with Gasteiger partial charge < -0.3 is 16.4 Å². The second kappa shape index (κ2) is 5.79. The highest BCUT2D eigenvalue weighted by molar-refractivity contribution is 7.80. The van der Waals surface area contributed by atoms with Gasteiger partial charge in [-0.15, -0.1) is 0 Å². The van der Waals surface area contributed by atoms with Crippen LogP contribution in [0, 0.1) is 5.92 Å². The molecule has 1 aliphatic heterocycles. The lowest BCUT2D eigenvalue weighted by Crippen LogP contribution is -2.50. The Balaban J connectivity index is 2.44. The molecule has 0 aliphatic carbocycles. The molecule has 5 nitrogen and oxygen atoms in total. The molecule has 1 saturated heterocycles. The first-order valence-corrected chi connectivity index (χ1v) is 5.81. The maximum absolute atomic E-state index is 11.8. The Labute approximate surface area is 100 Å². The minimum atomic E-state index is -0.410. The van der Waals surface area contributed by atoms with Gasteiger partial charge >= 0.3 is 0 Å². The second-order valence-corrected chi connectivity index (χ2v) is 4.38. The van der Waals surface area contributed by atoms with Crippen molar-refractivity contribution < 1.29 is 9.59 Å². The summed E-state index contributed by atoms with van der Waals surface area (Å²) in [5.74, 6) is -0.518. The zero-order valence-electron chi connectivity index (χ0n) is 9.29. The average molecular weight is 243 g/mol. The van der Waals surface area contributed by atoms with Crippen LogP contribution in [0.1, 0.15) is 26.2 Å². The van der Waals surface area contributed by atoms with E-state index in [2.05, 4.69) is 10.6 Å². The summed E-state index contributed by atoms with van der Waals surface area (Å²) >= 11 is 4.83. The minimum absolute atomic E-state index is 0.00593. The molecule has 0 radical (unpaired) electrons. The van der Waals surface area contributed by atoms with Gasteiger partial charge in [0.05, 0.1) is 10.9 Å². The Kier molecular flexibility index (Phi) is 4.67. The Morgan fingerprint density at radius 2 is 2.44 bits per heavy atom. The number of piperidine rings is 1. The number of carbonyl (C=O) groups excluding carboxylic acids is 2. The van der Waals surface area contributed by atoms with Crippen molar-refractivity contribution in [1.29, 1.82) is 0 Å². The molecule has 0 saturated carbocycles. The van der Waals surface area contributed by atoms with E-state index in [4.69, 9.17) is 18.0 Å². The van der Waals surface area contributed by atoms with Crippen LogP contribution in [0.4, 0.5) is 0 Å². The smallest absolute Gasteiger partial charge is 0.230 e. The molecule has 0 spiro atoms. The quantitative estimate of drug-likeness (QED) is 0.592. The molecule has 90 valence electrons. The highest BCUT2D eigenvalue weighted by Crippen LogP contribution is 2.07. The van der Waals surface area contributed by atoms with Crippen LogP contribution in [-0.2, 0) is 9.59 Å². The van der Waals surface area contributed by atoms with Crippen molar-refractivity contribution in [2.75, 3.05) is 6.54 Å². The Morgan fingerprint density at radius 1 is 1.75 bits per heavy atom. The van der Waals surface area contributed by atoms with Crippen LogP contribution in [0.3, 0.4) is 0 Å². The minimum Gasteiger partial charge on any atom is -0.393 e. The monoisotopic (exact) mass is 243 g/mol. The summed E-state index contributed by atoms with van der Waals surface area (Å²) in [4.78, 5) is 22.9. The number of nitrogens with one attached hydrogen (secondary N) is 2. The Hall–Kier alpha value is -1.17. The zero-order chi connectivity index (χ0) is 12.1. The number of amides is 2. The van der Waals surface area contributed by atoms with Gasteiger partial charge in [0.1, 0.15) is 0 Å². The summed E-state index contributed by atoms with van der Waals surface area (Å²) in [5, 5.41) is 5.56. The van der Waals surface area contributed by atoms with Gasteiger partial charge in [0.25, 0.3) is 0 Å². The predicted octanol–water partition coefficient (Wildman–Crippen LogP) is -0.306. The Morgan fingerprint density at radius 3 is 2.88 bits per heavy atom. The molecule has 0 bridgehead atoms. The first-order valence-electron chi connectivity index (χ1n) is 5.41. The summed E-state index contributed by atoms with van der Waals surface area (Å²) in [7, 11) is 0. The van der Waals surface area contributed by atoms with Gasteiger partial charge in [-0.25, -0.2) is 0 Å². The average Bonchev–Trinajstić information content (AvgIpc) is 2.22. The van der Waals surface area contributed by atoms with E-state index in [0.29, 0.717) is 25.8 Å². The maximum Gasteiger partial charge on any atom is 0.230 e. The molecule has 1 aliphatic rings. The highest BCUT2D eigenvalue weighted by atomic mass is 32.1. The number of nitrogens with two attached hydrogens (primary N) is 1. The van der Waals surface area contributed by atoms with E-state index in [-0.39, 0.29) is 22.8 Å². The van der Waals surface area contributed by atoms with Gasteiger partial charge in [0.15, 0.2) is 0 Å². The molecule has 16 heavy (non-hydrogen) atoms. The van der Waals surface area contributed by atoms with E-state index < -0.39 is 5.92 Å². The summed E-state index contributed by atoms with van der Waals surface area (Å²) in [6.45, 7) is 2.35. The van der Waals surface area contributed by atoms with Gasteiger partial charge in [-0.3, -0.25) is 9.59 Å². The van der Waals surface area contributed by atoms with E-state index in [1.807, 2.05) is 6.92 Å². The van der Waals surface area contributed by atoms with Crippen LogP contribution < -0.4 is 16.4 Å². The Bertz CT molecular complexity index is 296. The van der Waals surface area contributed by atoms with Gasteiger partial charge in [-0.05, 0) is 12.8 Å². The third-order valence-electron chi connectivity index (χ3n) is 2.68. The van der Waals surface area contributed by atoms with Crippen LogP contribution in [0.2, 0.25) is 0 Å². The van der Waals surface area contributed by atoms with Crippen molar-refractivity contribution in [2.45, 2.75) is 32.2 Å². The van der Waals surface area contributed by atoms with Crippen molar-refractivity contribution in [3.8, 4) is 0 Å². The fourth-order valence-electron chi connectivity index (χ4n) is 1.67. The van der Waals surface area contributed by atoms with Gasteiger partial charge in [0, 0.05) is 19.0 Å². The van der Waals surface area contributed by atoms with Crippen LogP contribution in [0.5, 0.6) is 0 Å². The summed E-state index contributed by atoms with van der Waals surface area (Å²) in [6.07, 6.45) is 1.72. The molecular weight excluding hydrogens is 226 g/mol. The number of hydrogen-bond donors (Lipinski definition) is 3. The van der Waals surface area contributed by atoms with Gasteiger partial charge in [-0.2, -0.15) is 0 Å². The summed E-state index contributed by atoms with van der Waals surface area (Å²) in [6, 6.07) is -0.00593. The lowest BCUT2D eigenvalue weighted by Gasteiger charge is -2.25. The third-order valence-corrected chi connectivity index (χ3v) is 2.96. The SMILES string of the molecule is CCC(C(=O)NC1CCC(=O)NC1)C(N)=S. The van der Waals surface area contributed by atoms with Crippen LogP contribution >= 0.6 is 12.2 Å². The number of thiocarbonyl (C=S) groups is 1. The van der Waals surface area contributed by atoms with Crippen molar-refractivity contribution in [2.24, 2.45) is 11.7 Å². The van der Waals surface area contributed by atoms with E-state index in [9.17, 15) is 9.59 Å². The van der Waals surface area contributed by atoms with Crippen LogP contribution in [-0.4, -0.2) is 29.4 Å². The van der Waals surface area contributed by atoms with Gasteiger partial charge in [0.2, 0.25) is 11.8 Å². The van der Waals surface area contributed by atoms with E-state index >= 15 is 0 Å². The molecule has 0 aromatic carbocycles. The summed E-state index contributed by atoms with van der Waals surface area (Å²) < 4.78 is 0. The fraction of sp³-hybridized carbons (Fsp3) is 0.700. The van der Waals surface area contributed by atoms with Crippen molar-refractivity contribution in [1.82, 2.24) is 10.6 Å². The van der Waals surface area contributed by atoms with E-state index in [1.54, 1.807) is 0 Å². The molecule has 4 N–H and O–H groups in total. The molecule has 2 atom stereocenters. The summed E-state index contributed by atoms with van der Waals surface area (Å²) in [5.41, 5.74) is 5.48. The van der Waals surface area contributed by atoms with Crippen molar-refractivity contribution >= 4 is 29.0 Å². The highest BCUT2D eigenvalue weighted by Gasteiger charge is 2.24. The topological polar surface area (TPSA) is 84.2 Å². The van der Waals surface area contributed by atoms with Crippen LogP contribution in [0.15, 0.2) is 0 Å². The molecule has 1 rings (SSSR count). The third kappa shape index (κ3) is 3.44. The number of carbonyl (C=O) groups is 2. The van der Waals surface area contributed by atoms with E-state index in [0.717, 1.165) is 0 Å². The molecule has 2 amide bonds. The lowest BCUT2D eigenvalue weighted by molar-refractivity contribution is -0.126. The standard InChI is InChI=1S/C10H17N3O2S/c1-2-7(9(11)16)10(15)13-6-3-4-8(14)12-5-6/h6-7H,2-5H2,1H3,(H2,11,16)(H,12,14)(H,13,15). The zero-order valence-corrected chi connectivity index (χ0v) is 10.1. The van der Waals surface area contributed by atoms with Crippen molar-refractivity contribution in [3.63, 3.8) is 0 Å². The molecular formula is C10H17N3O2S. The first-order chi connectivity index (χ1) is 7.54. The first kappa shape index (κ1) is 12.9. The molecule has 0 aromatic rings. The van der Waals surface area contributed by atoms with Crippen LogP contribution in [0.25, 0.3) is 0 Å². The predicted molar refractivity (Wildman–Crippen MR) is 64.7 cm³/mol. The second-order valence-electron chi connectivity index (χ2n) is 3.91. The number of hydrogen-bond acceptors (Lipinski definition) is 3. The normalized spacial score (nSPS) is 22.1. The van der Waals surface area contributed by atoms with Crippen molar-refractivity contribution in [3.05, 3.63) is 0 Å². The molecule has 2 unspecified atom stereocenters. The number of rotatable bonds is 4. The van der Waals surface area contributed by atoms with E-state index in [1.165, 1.54) is 0 Å². The lowest BCUT2D eigenvalue weighted by atomic mass is 10.0. The molecule has 6 heteroatoms.